The lowest BCUT2D eigenvalue weighted by atomic mass is 9.86. The zero-order chi connectivity index (χ0) is 15.6. The highest BCUT2D eigenvalue weighted by Crippen LogP contribution is 2.38. The van der Waals surface area contributed by atoms with Crippen LogP contribution in [0.25, 0.3) is 0 Å². The summed E-state index contributed by atoms with van der Waals surface area (Å²) in [5.74, 6) is 2.73. The molecular formula is C18H26N4S. The number of thiazole rings is 1. The van der Waals surface area contributed by atoms with Crippen molar-refractivity contribution in [1.82, 2.24) is 19.4 Å². The third-order valence-electron chi connectivity index (χ3n) is 5.40. The van der Waals surface area contributed by atoms with Crippen molar-refractivity contribution in [3.63, 3.8) is 0 Å². The van der Waals surface area contributed by atoms with Gasteiger partial charge in [0, 0.05) is 55.9 Å². The Morgan fingerprint density at radius 2 is 2.13 bits per heavy atom. The van der Waals surface area contributed by atoms with Crippen LogP contribution in [0.3, 0.4) is 0 Å². The van der Waals surface area contributed by atoms with Crippen molar-refractivity contribution in [2.24, 2.45) is 13.0 Å². The molecule has 2 aromatic rings. The lowest BCUT2D eigenvalue weighted by Gasteiger charge is -2.32. The molecule has 124 valence electrons. The fourth-order valence-corrected chi connectivity index (χ4v) is 4.90. The van der Waals surface area contributed by atoms with Crippen LogP contribution >= 0.6 is 11.3 Å². The molecule has 0 aromatic carbocycles. The highest BCUT2D eigenvalue weighted by molar-refractivity contribution is 7.11. The number of hydrogen-bond acceptors (Lipinski definition) is 4. The quantitative estimate of drug-likeness (QED) is 0.840. The van der Waals surface area contributed by atoms with Gasteiger partial charge in [0.25, 0.3) is 0 Å². The fourth-order valence-electron chi connectivity index (χ4n) is 3.77. The van der Waals surface area contributed by atoms with E-state index >= 15 is 0 Å². The zero-order valence-electron chi connectivity index (χ0n) is 13.9. The summed E-state index contributed by atoms with van der Waals surface area (Å²) in [7, 11) is 2.10. The Morgan fingerprint density at radius 1 is 1.22 bits per heavy atom. The molecule has 0 bridgehead atoms. The van der Waals surface area contributed by atoms with Crippen molar-refractivity contribution in [2.75, 3.05) is 13.1 Å². The topological polar surface area (TPSA) is 34.0 Å². The molecule has 2 aliphatic rings. The molecule has 1 saturated heterocycles. The predicted octanol–water partition coefficient (Wildman–Crippen LogP) is 3.60. The second-order valence-electron chi connectivity index (χ2n) is 7.19. The molecule has 4 nitrogen and oxygen atoms in total. The lowest BCUT2D eigenvalue weighted by molar-refractivity contribution is 0.166. The Morgan fingerprint density at radius 3 is 2.87 bits per heavy atom. The van der Waals surface area contributed by atoms with Gasteiger partial charge in [-0.15, -0.1) is 11.3 Å². The first-order valence-electron chi connectivity index (χ1n) is 8.91. The molecule has 0 spiro atoms. The molecule has 3 heterocycles. The molecule has 5 heteroatoms. The monoisotopic (exact) mass is 330 g/mol. The average molecular weight is 331 g/mol. The summed E-state index contributed by atoms with van der Waals surface area (Å²) >= 11 is 1.95. The number of nitrogens with zero attached hydrogens (tertiary/aromatic N) is 4. The van der Waals surface area contributed by atoms with Gasteiger partial charge in [0.1, 0.15) is 5.82 Å². The van der Waals surface area contributed by atoms with Crippen molar-refractivity contribution in [3.05, 3.63) is 34.3 Å². The maximum Gasteiger partial charge on any atom is 0.108 e. The number of aromatic nitrogens is 3. The highest BCUT2D eigenvalue weighted by Gasteiger charge is 2.24. The zero-order valence-corrected chi connectivity index (χ0v) is 14.8. The molecule has 0 unspecified atom stereocenters. The van der Waals surface area contributed by atoms with Crippen molar-refractivity contribution < 1.29 is 0 Å². The van der Waals surface area contributed by atoms with Crippen LogP contribution in [-0.2, 0) is 20.0 Å². The van der Waals surface area contributed by atoms with Gasteiger partial charge >= 0.3 is 0 Å². The van der Waals surface area contributed by atoms with Crippen LogP contribution in [0, 0.1) is 5.92 Å². The summed E-state index contributed by atoms with van der Waals surface area (Å²) in [6.45, 7) is 3.51. The van der Waals surface area contributed by atoms with E-state index in [1.807, 2.05) is 17.5 Å². The minimum Gasteiger partial charge on any atom is -0.338 e. The van der Waals surface area contributed by atoms with Crippen LogP contribution < -0.4 is 0 Å². The predicted molar refractivity (Wildman–Crippen MR) is 93.6 cm³/mol. The number of rotatable bonds is 5. The maximum atomic E-state index is 4.67. The van der Waals surface area contributed by atoms with E-state index in [9.17, 15) is 0 Å². The second-order valence-corrected chi connectivity index (χ2v) is 8.34. The molecule has 1 aliphatic carbocycles. The summed E-state index contributed by atoms with van der Waals surface area (Å²) in [6, 6.07) is 0. The molecule has 1 atom stereocenters. The second kappa shape index (κ2) is 6.73. The van der Waals surface area contributed by atoms with Crippen molar-refractivity contribution in [1.29, 1.82) is 0 Å². The van der Waals surface area contributed by atoms with E-state index in [1.165, 1.54) is 60.9 Å². The van der Waals surface area contributed by atoms with Crippen LogP contribution in [0.5, 0.6) is 0 Å². The Bertz CT molecular complexity index is 643. The van der Waals surface area contributed by atoms with Gasteiger partial charge in [-0.25, -0.2) is 9.97 Å². The third-order valence-corrected chi connectivity index (χ3v) is 6.55. The molecule has 0 N–H and O–H groups in total. The molecule has 4 rings (SSSR count). The van der Waals surface area contributed by atoms with Crippen molar-refractivity contribution in [3.8, 4) is 0 Å². The van der Waals surface area contributed by atoms with Crippen molar-refractivity contribution >= 4 is 11.3 Å². The Labute approximate surface area is 142 Å². The fraction of sp³-hybridized carbons (Fsp3) is 0.667. The van der Waals surface area contributed by atoms with Gasteiger partial charge in [-0.2, -0.15) is 0 Å². The molecule has 0 radical (unpaired) electrons. The Balaban J connectivity index is 1.33. The SMILES string of the molecule is Cn1ccnc1C[C@H]1CCCN(Cc2cnc(C3CCC3)s2)C1. The Kier molecular flexibility index (Phi) is 4.49. The molecule has 2 aromatic heterocycles. The molecule has 2 fully saturated rings. The number of likely N-dealkylation sites (tertiary alicyclic amines) is 1. The molecule has 23 heavy (non-hydrogen) atoms. The summed E-state index contributed by atoms with van der Waals surface area (Å²) in [6.07, 6.45) is 13.9. The highest BCUT2D eigenvalue weighted by atomic mass is 32.1. The summed E-state index contributed by atoms with van der Waals surface area (Å²) in [5.41, 5.74) is 0. The van der Waals surface area contributed by atoms with E-state index in [2.05, 4.69) is 38.9 Å². The van der Waals surface area contributed by atoms with E-state index < -0.39 is 0 Å². The van der Waals surface area contributed by atoms with Gasteiger partial charge in [0.2, 0.25) is 0 Å². The molecular weight excluding hydrogens is 304 g/mol. The van der Waals surface area contributed by atoms with E-state index in [4.69, 9.17) is 0 Å². The first kappa shape index (κ1) is 15.3. The third kappa shape index (κ3) is 3.50. The largest absolute Gasteiger partial charge is 0.338 e. The van der Waals surface area contributed by atoms with Gasteiger partial charge < -0.3 is 4.57 Å². The number of piperidine rings is 1. The molecule has 1 saturated carbocycles. The maximum absolute atomic E-state index is 4.67. The van der Waals surface area contributed by atoms with Crippen LogP contribution in [-0.4, -0.2) is 32.5 Å². The van der Waals surface area contributed by atoms with Crippen molar-refractivity contribution in [2.45, 2.75) is 51.0 Å². The van der Waals surface area contributed by atoms with Gasteiger partial charge in [-0.3, -0.25) is 4.90 Å². The smallest absolute Gasteiger partial charge is 0.108 e. The van der Waals surface area contributed by atoms with Gasteiger partial charge in [-0.05, 0) is 38.1 Å². The minimum atomic E-state index is 0.740. The first-order chi connectivity index (χ1) is 11.3. The molecule has 0 amide bonds. The number of imidazole rings is 1. The van der Waals surface area contributed by atoms with Crippen LogP contribution in [0.1, 0.15) is 53.7 Å². The molecule has 1 aliphatic heterocycles. The van der Waals surface area contributed by atoms with Crippen LogP contribution in [0.4, 0.5) is 0 Å². The minimum absolute atomic E-state index is 0.740. The summed E-state index contributed by atoms with van der Waals surface area (Å²) < 4.78 is 2.16. The standard InChI is InChI=1S/C18H26N4S/c1-21-9-7-19-17(21)10-14-4-3-8-22(12-14)13-16-11-20-18(23-16)15-5-2-6-15/h7,9,11,14-15H,2-6,8,10,12-13H2,1H3/t14-/m1/s1. The van der Waals surface area contributed by atoms with Crippen LogP contribution in [0.2, 0.25) is 0 Å². The normalized spacial score (nSPS) is 23.1. The van der Waals surface area contributed by atoms with Crippen LogP contribution in [0.15, 0.2) is 18.6 Å². The van der Waals surface area contributed by atoms with Gasteiger partial charge in [0.05, 0.1) is 5.01 Å². The Hall–Kier alpha value is -1.20. The summed E-state index contributed by atoms with van der Waals surface area (Å²) in [4.78, 5) is 13.2. The van der Waals surface area contributed by atoms with E-state index in [0.717, 1.165) is 24.8 Å². The number of aryl methyl sites for hydroxylation is 1. The number of hydrogen-bond donors (Lipinski definition) is 0. The summed E-state index contributed by atoms with van der Waals surface area (Å²) in [5, 5.41) is 1.38. The lowest BCUT2D eigenvalue weighted by Crippen LogP contribution is -2.35. The van der Waals surface area contributed by atoms with Gasteiger partial charge in [0.15, 0.2) is 0 Å². The average Bonchev–Trinajstić information content (AvgIpc) is 3.08. The van der Waals surface area contributed by atoms with E-state index in [1.54, 1.807) is 0 Å². The van der Waals surface area contributed by atoms with Gasteiger partial charge in [-0.1, -0.05) is 6.42 Å². The van der Waals surface area contributed by atoms with E-state index in [0.29, 0.717) is 0 Å². The first-order valence-corrected chi connectivity index (χ1v) is 9.73. The van der Waals surface area contributed by atoms with E-state index in [-0.39, 0.29) is 0 Å².